The molecule has 2 aromatic rings. The molecule has 2 aromatic carbocycles. The van der Waals surface area contributed by atoms with Crippen molar-refractivity contribution in [2.24, 2.45) is 0 Å². The van der Waals surface area contributed by atoms with E-state index in [-0.39, 0.29) is 23.8 Å². The minimum Gasteiger partial charge on any atom is -0.368 e. The number of hydrogen-bond acceptors (Lipinski definition) is 4. The van der Waals surface area contributed by atoms with Crippen molar-refractivity contribution in [3.05, 3.63) is 65.2 Å². The van der Waals surface area contributed by atoms with Crippen molar-refractivity contribution in [2.45, 2.75) is 32.3 Å². The van der Waals surface area contributed by atoms with Gasteiger partial charge in [0, 0.05) is 30.9 Å². The second-order valence-corrected chi connectivity index (χ2v) is 7.34. The van der Waals surface area contributed by atoms with Crippen LogP contribution in [0.4, 0.5) is 5.69 Å². The number of amides is 3. The second-order valence-electron chi connectivity index (χ2n) is 7.34. The number of carbonyl (C=O) groups excluding carboxylic acids is 3. The van der Waals surface area contributed by atoms with Gasteiger partial charge in [0.15, 0.2) is 0 Å². The number of aryl methyl sites for hydroxylation is 1. The first kappa shape index (κ1) is 21.5. The average Bonchev–Trinajstić information content (AvgIpc) is 3.26. The molecule has 1 aliphatic heterocycles. The molecule has 0 spiro atoms. The molecule has 1 heterocycles. The number of nitrogens with one attached hydrogen (secondary N) is 3. The highest BCUT2D eigenvalue weighted by Gasteiger charge is 2.22. The summed E-state index contributed by atoms with van der Waals surface area (Å²) in [6, 6.07) is 14.5. The number of rotatable bonds is 8. The summed E-state index contributed by atoms with van der Waals surface area (Å²) in [5.41, 5.74) is 3.18. The molecule has 1 saturated heterocycles. The highest BCUT2D eigenvalue weighted by Crippen LogP contribution is 2.12. The van der Waals surface area contributed by atoms with Crippen molar-refractivity contribution in [3.8, 4) is 0 Å². The van der Waals surface area contributed by atoms with Gasteiger partial charge in [-0.05, 0) is 49.6 Å². The molecule has 1 aliphatic rings. The Balaban J connectivity index is 1.40. The van der Waals surface area contributed by atoms with Crippen LogP contribution in [-0.2, 0) is 20.7 Å². The maximum absolute atomic E-state index is 12.2. The molecule has 158 valence electrons. The molecule has 0 aromatic heterocycles. The zero-order valence-electron chi connectivity index (χ0n) is 17.1. The Morgan fingerprint density at radius 3 is 2.50 bits per heavy atom. The fourth-order valence-corrected chi connectivity index (χ4v) is 3.28. The van der Waals surface area contributed by atoms with Crippen LogP contribution in [0.25, 0.3) is 0 Å². The van der Waals surface area contributed by atoms with Gasteiger partial charge in [0.1, 0.15) is 6.10 Å². The van der Waals surface area contributed by atoms with Gasteiger partial charge < -0.3 is 20.7 Å². The predicted molar refractivity (Wildman–Crippen MR) is 114 cm³/mol. The molecule has 0 aliphatic carbocycles. The lowest BCUT2D eigenvalue weighted by Crippen LogP contribution is -2.39. The van der Waals surface area contributed by atoms with Crippen molar-refractivity contribution < 1.29 is 19.1 Å². The van der Waals surface area contributed by atoms with E-state index in [4.69, 9.17) is 4.74 Å². The Hall–Kier alpha value is -3.19. The predicted octanol–water partition coefficient (Wildman–Crippen LogP) is 2.20. The van der Waals surface area contributed by atoms with E-state index < -0.39 is 0 Å². The van der Waals surface area contributed by atoms with Crippen LogP contribution >= 0.6 is 0 Å². The molecule has 0 bridgehead atoms. The van der Waals surface area contributed by atoms with E-state index in [0.717, 1.165) is 24.0 Å². The minimum absolute atomic E-state index is 0.111. The number of carbonyl (C=O) groups is 3. The van der Waals surface area contributed by atoms with Crippen molar-refractivity contribution in [1.82, 2.24) is 10.6 Å². The highest BCUT2D eigenvalue weighted by atomic mass is 16.5. The molecule has 1 unspecified atom stereocenters. The second kappa shape index (κ2) is 10.5. The molecule has 1 fully saturated rings. The zero-order chi connectivity index (χ0) is 21.3. The summed E-state index contributed by atoms with van der Waals surface area (Å²) in [5.74, 6) is -0.480. The summed E-state index contributed by atoms with van der Waals surface area (Å²) in [7, 11) is 0. The quantitative estimate of drug-likeness (QED) is 0.583. The molecule has 7 heteroatoms. The lowest BCUT2D eigenvalue weighted by atomic mass is 10.1. The standard InChI is InChI=1S/C23H27N3O4/c1-16-4-2-5-17(14-16)15-21(27)26-19-9-7-18(8-10-19)22(28)24-11-12-25-23(29)20-6-3-13-30-20/h2,4-5,7-10,14,20H,3,6,11-13,15H2,1H3,(H,24,28)(H,25,29)(H,26,27). The van der Waals surface area contributed by atoms with Crippen LogP contribution in [-0.4, -0.2) is 43.5 Å². The molecular formula is C23H27N3O4. The van der Waals surface area contributed by atoms with Gasteiger partial charge in [-0.3, -0.25) is 14.4 Å². The van der Waals surface area contributed by atoms with Crippen molar-refractivity contribution >= 4 is 23.4 Å². The van der Waals surface area contributed by atoms with E-state index in [2.05, 4.69) is 16.0 Å². The Morgan fingerprint density at radius 1 is 1.03 bits per heavy atom. The van der Waals surface area contributed by atoms with Crippen LogP contribution in [0.3, 0.4) is 0 Å². The Kier molecular flexibility index (Phi) is 7.57. The summed E-state index contributed by atoms with van der Waals surface area (Å²) in [4.78, 5) is 36.3. The van der Waals surface area contributed by atoms with Crippen molar-refractivity contribution in [2.75, 3.05) is 25.0 Å². The first-order valence-corrected chi connectivity index (χ1v) is 10.1. The third-order valence-corrected chi connectivity index (χ3v) is 4.81. The average molecular weight is 409 g/mol. The SMILES string of the molecule is Cc1cccc(CC(=O)Nc2ccc(C(=O)NCCNC(=O)C3CCCO3)cc2)c1. The van der Waals surface area contributed by atoms with Crippen LogP contribution in [0.1, 0.15) is 34.3 Å². The maximum Gasteiger partial charge on any atom is 0.251 e. The summed E-state index contributed by atoms with van der Waals surface area (Å²) in [5, 5.41) is 8.36. The van der Waals surface area contributed by atoms with Crippen molar-refractivity contribution in [1.29, 1.82) is 0 Å². The highest BCUT2D eigenvalue weighted by molar-refractivity contribution is 5.96. The molecule has 1 atom stereocenters. The zero-order valence-corrected chi connectivity index (χ0v) is 17.1. The fourth-order valence-electron chi connectivity index (χ4n) is 3.28. The molecule has 3 N–H and O–H groups in total. The Labute approximate surface area is 176 Å². The van der Waals surface area contributed by atoms with E-state index >= 15 is 0 Å². The molecule has 0 saturated carbocycles. The normalized spacial score (nSPS) is 15.4. The number of benzene rings is 2. The molecule has 3 amide bonds. The molecule has 7 nitrogen and oxygen atoms in total. The number of anilines is 1. The lowest BCUT2D eigenvalue weighted by molar-refractivity contribution is -0.130. The fraction of sp³-hybridized carbons (Fsp3) is 0.348. The largest absolute Gasteiger partial charge is 0.368 e. The number of ether oxygens (including phenoxy) is 1. The lowest BCUT2D eigenvalue weighted by Gasteiger charge is -2.11. The Morgan fingerprint density at radius 2 is 1.80 bits per heavy atom. The maximum atomic E-state index is 12.2. The first-order valence-electron chi connectivity index (χ1n) is 10.1. The van der Waals surface area contributed by atoms with Gasteiger partial charge in [-0.15, -0.1) is 0 Å². The van der Waals surface area contributed by atoms with Crippen LogP contribution in [0.15, 0.2) is 48.5 Å². The Bertz CT molecular complexity index is 890. The van der Waals surface area contributed by atoms with Gasteiger partial charge in [-0.1, -0.05) is 29.8 Å². The summed E-state index contributed by atoms with van der Waals surface area (Å²) >= 11 is 0. The van der Waals surface area contributed by atoms with Crippen LogP contribution < -0.4 is 16.0 Å². The van der Waals surface area contributed by atoms with E-state index in [1.54, 1.807) is 24.3 Å². The first-order chi connectivity index (χ1) is 14.5. The summed E-state index contributed by atoms with van der Waals surface area (Å²) < 4.78 is 5.31. The summed E-state index contributed by atoms with van der Waals surface area (Å²) in [6.45, 7) is 3.28. The van der Waals surface area contributed by atoms with Crippen LogP contribution in [0, 0.1) is 6.92 Å². The monoisotopic (exact) mass is 409 g/mol. The van der Waals surface area contributed by atoms with Gasteiger partial charge in [-0.2, -0.15) is 0 Å². The van der Waals surface area contributed by atoms with Gasteiger partial charge >= 0.3 is 0 Å². The van der Waals surface area contributed by atoms with E-state index in [1.807, 2.05) is 31.2 Å². The summed E-state index contributed by atoms with van der Waals surface area (Å²) in [6.07, 6.45) is 1.57. The van der Waals surface area contributed by atoms with E-state index in [9.17, 15) is 14.4 Å². The van der Waals surface area contributed by atoms with Gasteiger partial charge in [0.2, 0.25) is 11.8 Å². The third-order valence-electron chi connectivity index (χ3n) is 4.81. The minimum atomic E-state index is -0.366. The van der Waals surface area contributed by atoms with Crippen LogP contribution in [0.5, 0.6) is 0 Å². The van der Waals surface area contributed by atoms with Gasteiger partial charge in [-0.25, -0.2) is 0 Å². The van der Waals surface area contributed by atoms with E-state index in [1.165, 1.54) is 0 Å². The smallest absolute Gasteiger partial charge is 0.251 e. The number of hydrogen-bond donors (Lipinski definition) is 3. The molecular weight excluding hydrogens is 382 g/mol. The van der Waals surface area contributed by atoms with Crippen LogP contribution in [0.2, 0.25) is 0 Å². The van der Waals surface area contributed by atoms with Gasteiger partial charge in [0.05, 0.1) is 6.42 Å². The van der Waals surface area contributed by atoms with Gasteiger partial charge in [0.25, 0.3) is 5.91 Å². The molecule has 30 heavy (non-hydrogen) atoms. The topological polar surface area (TPSA) is 96.5 Å². The van der Waals surface area contributed by atoms with E-state index in [0.29, 0.717) is 37.4 Å². The molecule has 3 rings (SSSR count). The van der Waals surface area contributed by atoms with Crippen molar-refractivity contribution in [3.63, 3.8) is 0 Å². The molecule has 0 radical (unpaired) electrons. The third kappa shape index (κ3) is 6.42.